The van der Waals surface area contributed by atoms with Crippen molar-refractivity contribution in [3.8, 4) is 11.3 Å². The van der Waals surface area contributed by atoms with Crippen LogP contribution in [0.4, 0.5) is 5.69 Å². The topological polar surface area (TPSA) is 104 Å². The second-order valence-electron chi connectivity index (χ2n) is 9.06. The van der Waals surface area contributed by atoms with Crippen molar-refractivity contribution in [1.82, 2.24) is 15.2 Å². The van der Waals surface area contributed by atoms with Gasteiger partial charge < -0.3 is 21.5 Å². The average Bonchev–Trinajstić information content (AvgIpc) is 3.39. The number of nitrogens with zero attached hydrogens (tertiary/aromatic N) is 2. The molecule has 0 bridgehead atoms. The monoisotopic (exact) mass is 651 g/mol. The Morgan fingerprint density at radius 1 is 1.18 bits per heavy atom. The first-order valence-electron chi connectivity index (χ1n) is 12.1. The van der Waals surface area contributed by atoms with Crippen molar-refractivity contribution in [2.45, 2.75) is 35.8 Å². The number of carbonyl (C=O) groups excluding carboxylic acids is 1. The van der Waals surface area contributed by atoms with Crippen LogP contribution < -0.4 is 16.4 Å². The molecule has 0 aliphatic carbocycles. The third-order valence-corrected chi connectivity index (χ3v) is 8.87. The Bertz CT molecular complexity index is 1190. The van der Waals surface area contributed by atoms with E-state index in [-0.39, 0.29) is 49.4 Å². The fourth-order valence-corrected chi connectivity index (χ4v) is 6.05. The van der Waals surface area contributed by atoms with Crippen molar-refractivity contribution < 1.29 is 9.90 Å². The highest BCUT2D eigenvalue weighted by atomic mass is 35.5. The molecule has 5 N–H and O–H groups in total. The molecule has 13 heteroatoms. The van der Waals surface area contributed by atoms with E-state index >= 15 is 0 Å². The third kappa shape index (κ3) is 10.6. The first kappa shape index (κ1) is 33.9. The first-order valence-corrected chi connectivity index (χ1v) is 14.8. The van der Waals surface area contributed by atoms with Crippen LogP contribution in [0.25, 0.3) is 11.3 Å². The summed E-state index contributed by atoms with van der Waals surface area (Å²) in [6.07, 6.45) is 1.85. The molecule has 0 spiro atoms. The number of aliphatic hydroxyl groups excluding tert-OH is 1. The zero-order valence-corrected chi connectivity index (χ0v) is 25.9. The summed E-state index contributed by atoms with van der Waals surface area (Å²) in [5.74, 6) is 0.382. The number of halogens is 4. The third-order valence-electron chi connectivity index (χ3n) is 6.11. The van der Waals surface area contributed by atoms with E-state index < -0.39 is 0 Å². The summed E-state index contributed by atoms with van der Waals surface area (Å²) in [4.78, 5) is 19.6. The van der Waals surface area contributed by atoms with Gasteiger partial charge in [0.25, 0.3) is 0 Å². The molecule has 1 fully saturated rings. The van der Waals surface area contributed by atoms with Crippen molar-refractivity contribution in [2.24, 2.45) is 5.73 Å². The van der Waals surface area contributed by atoms with Gasteiger partial charge in [-0.15, -0.1) is 36.2 Å². The summed E-state index contributed by atoms with van der Waals surface area (Å²) >= 11 is 15.1. The number of piperidine rings is 1. The van der Waals surface area contributed by atoms with Gasteiger partial charge in [-0.3, -0.25) is 9.69 Å². The van der Waals surface area contributed by atoms with Gasteiger partial charge in [0.05, 0.1) is 28.1 Å². The Labute approximate surface area is 260 Å². The lowest BCUT2D eigenvalue weighted by atomic mass is 10.0. The number of aromatic nitrogens is 1. The maximum Gasteiger partial charge on any atom is 0.230 e. The Balaban J connectivity index is 0.00000267. The number of thioether (sulfide) groups is 1. The van der Waals surface area contributed by atoms with E-state index in [0.717, 1.165) is 59.3 Å². The van der Waals surface area contributed by atoms with Crippen LogP contribution in [0.3, 0.4) is 0 Å². The smallest absolute Gasteiger partial charge is 0.230 e. The predicted octanol–water partition coefficient (Wildman–Crippen LogP) is 5.56. The molecule has 7 nitrogen and oxygen atoms in total. The normalized spacial score (nSPS) is 14.7. The average molecular weight is 654 g/mol. The molecule has 1 amide bonds. The number of rotatable bonds is 11. The quantitative estimate of drug-likeness (QED) is 0.201. The highest BCUT2D eigenvalue weighted by Gasteiger charge is 2.21. The molecule has 1 aliphatic heterocycles. The number of amides is 1. The van der Waals surface area contributed by atoms with Gasteiger partial charge in [0.15, 0.2) is 4.34 Å². The van der Waals surface area contributed by atoms with Gasteiger partial charge in [-0.25, -0.2) is 4.98 Å². The maximum absolute atomic E-state index is 12.6. The van der Waals surface area contributed by atoms with Crippen LogP contribution in [0.5, 0.6) is 0 Å². The number of benzene rings is 2. The fourth-order valence-electron chi connectivity index (χ4n) is 4.09. The van der Waals surface area contributed by atoms with E-state index in [0.29, 0.717) is 22.3 Å². The lowest BCUT2D eigenvalue weighted by Gasteiger charge is -2.32. The van der Waals surface area contributed by atoms with Gasteiger partial charge >= 0.3 is 0 Å². The molecule has 0 unspecified atom stereocenters. The molecule has 214 valence electrons. The Hall–Kier alpha value is -1.27. The molecule has 0 saturated carbocycles. The fraction of sp³-hybridized carbons (Fsp3) is 0.385. The Morgan fingerprint density at radius 2 is 1.95 bits per heavy atom. The number of nitrogens with two attached hydrogens (primary N) is 1. The summed E-state index contributed by atoms with van der Waals surface area (Å²) in [5.41, 5.74) is 9.69. The summed E-state index contributed by atoms with van der Waals surface area (Å²) < 4.78 is 0.863. The molecule has 0 radical (unpaired) electrons. The van der Waals surface area contributed by atoms with Crippen LogP contribution in [0.1, 0.15) is 18.4 Å². The number of carbonyl (C=O) groups is 1. The molecule has 4 rings (SSSR count). The van der Waals surface area contributed by atoms with Crippen molar-refractivity contribution in [3.63, 3.8) is 0 Å². The zero-order valence-electron chi connectivity index (χ0n) is 21.1. The maximum atomic E-state index is 12.6. The molecule has 1 saturated heterocycles. The predicted molar refractivity (Wildman–Crippen MR) is 169 cm³/mol. The van der Waals surface area contributed by atoms with Gasteiger partial charge in [-0.05, 0) is 42.7 Å². The molecule has 39 heavy (non-hydrogen) atoms. The molecule has 1 atom stereocenters. The number of thiazole rings is 1. The van der Waals surface area contributed by atoms with Gasteiger partial charge in [0, 0.05) is 54.9 Å². The Morgan fingerprint density at radius 3 is 2.67 bits per heavy atom. The molecular weight excluding hydrogens is 620 g/mol. The number of anilines is 1. The van der Waals surface area contributed by atoms with Crippen LogP contribution in [-0.2, 0) is 11.3 Å². The number of hydrogen-bond donors (Lipinski definition) is 4. The number of hydrogen-bond acceptors (Lipinski definition) is 8. The molecule has 2 heterocycles. The summed E-state index contributed by atoms with van der Waals surface area (Å²) in [7, 11) is 0. The van der Waals surface area contributed by atoms with Crippen LogP contribution in [0.2, 0.25) is 10.0 Å². The van der Waals surface area contributed by atoms with Gasteiger partial charge in [-0.2, -0.15) is 0 Å². The number of likely N-dealkylation sites (tertiary alicyclic amines) is 1. The molecule has 3 aromatic rings. The summed E-state index contributed by atoms with van der Waals surface area (Å²) in [6.45, 7) is 3.10. The minimum absolute atomic E-state index is 0. The Kier molecular flexibility index (Phi) is 14.7. The summed E-state index contributed by atoms with van der Waals surface area (Å²) in [6, 6.07) is 13.6. The lowest BCUT2D eigenvalue weighted by Crippen LogP contribution is -2.44. The van der Waals surface area contributed by atoms with Crippen LogP contribution in [0.15, 0.2) is 52.2 Å². The number of nitrogens with one attached hydrogen (secondary N) is 2. The molecule has 1 aliphatic rings. The molecule has 1 aromatic heterocycles. The van der Waals surface area contributed by atoms with E-state index in [1.54, 1.807) is 0 Å². The van der Waals surface area contributed by atoms with E-state index in [1.807, 2.05) is 47.8 Å². The first-order chi connectivity index (χ1) is 17.9. The highest BCUT2D eigenvalue weighted by Crippen LogP contribution is 2.29. The van der Waals surface area contributed by atoms with E-state index in [9.17, 15) is 4.79 Å². The van der Waals surface area contributed by atoms with Gasteiger partial charge in [0.1, 0.15) is 0 Å². The highest BCUT2D eigenvalue weighted by molar-refractivity contribution is 8.01. The van der Waals surface area contributed by atoms with Crippen molar-refractivity contribution >= 4 is 82.7 Å². The SMILES string of the molecule is Cl.Cl.N[C@@H](CO)CNc1cccc(-c2csc(SCC(=O)NC3CCN(Cc4ccc(Cl)c(Cl)c4)CC3)n2)c1. The summed E-state index contributed by atoms with van der Waals surface area (Å²) in [5, 5.41) is 18.7. The largest absolute Gasteiger partial charge is 0.395 e. The van der Waals surface area contributed by atoms with Crippen LogP contribution >= 0.6 is 71.1 Å². The minimum atomic E-state index is -0.307. The van der Waals surface area contributed by atoms with Crippen molar-refractivity contribution in [3.05, 3.63) is 63.5 Å². The zero-order chi connectivity index (χ0) is 26.2. The number of aliphatic hydroxyl groups is 1. The van der Waals surface area contributed by atoms with Gasteiger partial charge in [-0.1, -0.05) is 53.2 Å². The van der Waals surface area contributed by atoms with Crippen LogP contribution in [-0.4, -0.2) is 65.0 Å². The lowest BCUT2D eigenvalue weighted by molar-refractivity contribution is -0.119. The van der Waals surface area contributed by atoms with E-state index in [2.05, 4.69) is 15.5 Å². The van der Waals surface area contributed by atoms with Gasteiger partial charge in [0.2, 0.25) is 5.91 Å². The van der Waals surface area contributed by atoms with Crippen LogP contribution in [0, 0.1) is 0 Å². The van der Waals surface area contributed by atoms with E-state index in [4.69, 9.17) is 39.0 Å². The standard InChI is InChI=1S/C26H31Cl2N5O2S2.2ClH/c27-22-5-4-17(10-23(22)28)13-33-8-6-20(7-9-33)31-25(35)16-37-26-32-24(15-36-26)18-2-1-3-21(11-18)30-12-19(29)14-34;;/h1-5,10-11,15,19-20,30,34H,6-9,12-14,16,29H2,(H,31,35);2*1H/t19-;;/m1../s1. The second-order valence-corrected chi connectivity index (χ2v) is 12.0. The van der Waals surface area contributed by atoms with Crippen molar-refractivity contribution in [2.75, 3.05) is 37.3 Å². The van der Waals surface area contributed by atoms with E-state index in [1.165, 1.54) is 23.1 Å². The molecule has 2 aromatic carbocycles. The second kappa shape index (κ2) is 16.9. The minimum Gasteiger partial charge on any atom is -0.395 e. The molecular formula is C26H33Cl4N5O2S2. The van der Waals surface area contributed by atoms with Crippen molar-refractivity contribution in [1.29, 1.82) is 0 Å².